The van der Waals surface area contributed by atoms with Crippen LogP contribution in [0.25, 0.3) is 32.6 Å². The fourth-order valence-corrected chi connectivity index (χ4v) is 2.51. The minimum atomic E-state index is 0. The second kappa shape index (κ2) is 4.75. The number of para-hydroxylation sites is 1. The SMILES string of the molecule is [Pt].c1ccc2nc3c(ccc4ccccc43)cc2c1. The second-order valence-electron chi connectivity index (χ2n) is 4.54. The van der Waals surface area contributed by atoms with E-state index < -0.39 is 0 Å². The Balaban J connectivity index is 0.00000110. The molecule has 0 radical (unpaired) electrons. The maximum absolute atomic E-state index is 4.81. The number of hydrogen-bond acceptors (Lipinski definition) is 1. The largest absolute Gasteiger partial charge is 0.247 e. The Morgan fingerprint density at radius 2 is 1.32 bits per heavy atom. The van der Waals surface area contributed by atoms with E-state index in [-0.39, 0.29) is 21.1 Å². The van der Waals surface area contributed by atoms with Crippen molar-refractivity contribution in [2.75, 3.05) is 0 Å². The van der Waals surface area contributed by atoms with E-state index >= 15 is 0 Å². The number of rotatable bonds is 0. The molecule has 19 heavy (non-hydrogen) atoms. The van der Waals surface area contributed by atoms with Gasteiger partial charge in [0.2, 0.25) is 0 Å². The van der Waals surface area contributed by atoms with Crippen molar-refractivity contribution in [2.45, 2.75) is 0 Å². The molecule has 2 heteroatoms. The van der Waals surface area contributed by atoms with Crippen molar-refractivity contribution >= 4 is 32.6 Å². The van der Waals surface area contributed by atoms with Gasteiger partial charge in [0.05, 0.1) is 11.0 Å². The normalized spacial score (nSPS) is 10.7. The predicted octanol–water partition coefficient (Wildman–Crippen LogP) is 4.54. The minimum Gasteiger partial charge on any atom is -0.247 e. The summed E-state index contributed by atoms with van der Waals surface area (Å²) < 4.78 is 0. The zero-order valence-corrected chi connectivity index (χ0v) is 12.4. The molecule has 0 fully saturated rings. The van der Waals surface area contributed by atoms with Crippen LogP contribution in [0.5, 0.6) is 0 Å². The Hall–Kier alpha value is -1.72. The standard InChI is InChI=1S/C17H11N.Pt/c1-3-7-15-12(5-1)9-10-14-11-13-6-2-4-8-16(13)18-17(14)15;/h1-11H;. The van der Waals surface area contributed by atoms with Gasteiger partial charge in [0.1, 0.15) is 0 Å². The van der Waals surface area contributed by atoms with E-state index in [4.69, 9.17) is 4.98 Å². The summed E-state index contributed by atoms with van der Waals surface area (Å²) in [5.74, 6) is 0. The van der Waals surface area contributed by atoms with Gasteiger partial charge in [0, 0.05) is 37.2 Å². The zero-order valence-electron chi connectivity index (χ0n) is 10.1. The summed E-state index contributed by atoms with van der Waals surface area (Å²) in [4.78, 5) is 4.81. The van der Waals surface area contributed by atoms with Crippen molar-refractivity contribution < 1.29 is 21.1 Å². The molecule has 0 aliphatic carbocycles. The topological polar surface area (TPSA) is 12.9 Å². The van der Waals surface area contributed by atoms with Gasteiger partial charge in [-0.1, -0.05) is 54.6 Å². The molecule has 0 amide bonds. The van der Waals surface area contributed by atoms with E-state index in [1.807, 2.05) is 6.07 Å². The van der Waals surface area contributed by atoms with Gasteiger partial charge in [-0.3, -0.25) is 0 Å². The maximum Gasteiger partial charge on any atom is 0.0788 e. The summed E-state index contributed by atoms with van der Waals surface area (Å²) in [6, 6.07) is 23.2. The summed E-state index contributed by atoms with van der Waals surface area (Å²) in [6.45, 7) is 0. The van der Waals surface area contributed by atoms with Crippen molar-refractivity contribution in [3.63, 3.8) is 0 Å². The average Bonchev–Trinajstić information content (AvgIpc) is 2.45. The van der Waals surface area contributed by atoms with Gasteiger partial charge >= 0.3 is 0 Å². The molecule has 0 N–H and O–H groups in total. The van der Waals surface area contributed by atoms with E-state index in [1.165, 1.54) is 21.5 Å². The third-order valence-electron chi connectivity index (χ3n) is 3.41. The third-order valence-corrected chi connectivity index (χ3v) is 3.41. The molecule has 1 aromatic heterocycles. The second-order valence-corrected chi connectivity index (χ2v) is 4.54. The molecule has 0 aliphatic heterocycles. The molecule has 0 aliphatic rings. The molecule has 4 aromatic rings. The van der Waals surface area contributed by atoms with Crippen LogP contribution in [0.3, 0.4) is 0 Å². The number of aromatic nitrogens is 1. The quantitative estimate of drug-likeness (QED) is 0.298. The average molecular weight is 424 g/mol. The van der Waals surface area contributed by atoms with Gasteiger partial charge in [-0.2, -0.15) is 0 Å². The summed E-state index contributed by atoms with van der Waals surface area (Å²) >= 11 is 0. The van der Waals surface area contributed by atoms with Crippen LogP contribution in [0.2, 0.25) is 0 Å². The number of pyridine rings is 1. The van der Waals surface area contributed by atoms with Crippen molar-refractivity contribution in [1.82, 2.24) is 4.98 Å². The summed E-state index contributed by atoms with van der Waals surface area (Å²) in [7, 11) is 0. The number of hydrogen-bond donors (Lipinski definition) is 0. The molecular formula is C17H11NPt. The molecule has 1 heterocycles. The van der Waals surface area contributed by atoms with Crippen LogP contribution >= 0.6 is 0 Å². The van der Waals surface area contributed by atoms with Crippen LogP contribution in [0.4, 0.5) is 0 Å². The van der Waals surface area contributed by atoms with Crippen molar-refractivity contribution in [3.8, 4) is 0 Å². The monoisotopic (exact) mass is 424 g/mol. The zero-order chi connectivity index (χ0) is 11.9. The fraction of sp³-hybridized carbons (Fsp3) is 0. The van der Waals surface area contributed by atoms with Gasteiger partial charge in [0.15, 0.2) is 0 Å². The van der Waals surface area contributed by atoms with Gasteiger partial charge in [-0.25, -0.2) is 4.98 Å². The van der Waals surface area contributed by atoms with E-state index in [2.05, 4.69) is 60.7 Å². The molecule has 0 atom stereocenters. The van der Waals surface area contributed by atoms with E-state index in [0.717, 1.165) is 11.0 Å². The molecular weight excluding hydrogens is 413 g/mol. The predicted molar refractivity (Wildman–Crippen MR) is 76.8 cm³/mol. The minimum absolute atomic E-state index is 0. The summed E-state index contributed by atoms with van der Waals surface area (Å²) in [6.07, 6.45) is 0. The Kier molecular flexibility index (Phi) is 3.08. The first-order valence-corrected chi connectivity index (χ1v) is 6.09. The van der Waals surface area contributed by atoms with Crippen LogP contribution in [-0.2, 0) is 21.1 Å². The molecule has 4 rings (SSSR count). The molecule has 3 aromatic carbocycles. The summed E-state index contributed by atoms with van der Waals surface area (Å²) in [5.41, 5.74) is 2.15. The maximum atomic E-state index is 4.81. The first kappa shape index (κ1) is 12.3. The van der Waals surface area contributed by atoms with Crippen LogP contribution in [0.15, 0.2) is 66.7 Å². The Morgan fingerprint density at radius 1 is 0.632 bits per heavy atom. The molecule has 0 bridgehead atoms. The summed E-state index contributed by atoms with van der Waals surface area (Å²) in [5, 5.41) is 4.86. The first-order valence-electron chi connectivity index (χ1n) is 6.09. The molecule has 0 unspecified atom stereocenters. The molecule has 0 spiro atoms. The van der Waals surface area contributed by atoms with Crippen molar-refractivity contribution in [2.24, 2.45) is 0 Å². The van der Waals surface area contributed by atoms with E-state index in [9.17, 15) is 0 Å². The molecule has 1 nitrogen and oxygen atoms in total. The third kappa shape index (κ3) is 1.95. The number of benzene rings is 3. The van der Waals surface area contributed by atoms with Gasteiger partial charge in [-0.05, 0) is 17.5 Å². The molecule has 0 saturated heterocycles. The number of fused-ring (bicyclic) bond motifs is 4. The van der Waals surface area contributed by atoms with Gasteiger partial charge < -0.3 is 0 Å². The van der Waals surface area contributed by atoms with Crippen molar-refractivity contribution in [1.29, 1.82) is 0 Å². The fourth-order valence-electron chi connectivity index (χ4n) is 2.51. The van der Waals surface area contributed by atoms with Crippen LogP contribution in [0, 0.1) is 0 Å². The van der Waals surface area contributed by atoms with Crippen LogP contribution < -0.4 is 0 Å². The van der Waals surface area contributed by atoms with Crippen LogP contribution in [0.1, 0.15) is 0 Å². The first-order chi connectivity index (χ1) is 8.92. The van der Waals surface area contributed by atoms with Gasteiger partial charge in [-0.15, -0.1) is 0 Å². The molecule has 94 valence electrons. The number of nitrogens with zero attached hydrogens (tertiary/aromatic N) is 1. The smallest absolute Gasteiger partial charge is 0.0788 e. The van der Waals surface area contributed by atoms with Crippen LogP contribution in [-0.4, -0.2) is 4.98 Å². The Labute approximate surface area is 125 Å². The van der Waals surface area contributed by atoms with E-state index in [1.54, 1.807) is 0 Å². The van der Waals surface area contributed by atoms with Gasteiger partial charge in [0.25, 0.3) is 0 Å². The van der Waals surface area contributed by atoms with E-state index in [0.29, 0.717) is 0 Å². The van der Waals surface area contributed by atoms with Crippen molar-refractivity contribution in [3.05, 3.63) is 66.7 Å². The Morgan fingerprint density at radius 3 is 2.21 bits per heavy atom. The Bertz CT molecular complexity index is 877. The molecule has 0 saturated carbocycles.